The fourth-order valence-corrected chi connectivity index (χ4v) is 2.78. The average molecular weight is 332 g/mol. The largest absolute Gasteiger partial charge is 0.466 e. The van der Waals surface area contributed by atoms with Gasteiger partial charge in [0.15, 0.2) is 0 Å². The first-order valence-electron chi connectivity index (χ1n) is 7.89. The number of amides is 1. The normalized spacial score (nSPS) is 11.0. The van der Waals surface area contributed by atoms with Crippen molar-refractivity contribution < 1.29 is 9.21 Å². The number of aromatic nitrogens is 3. The monoisotopic (exact) mass is 332 g/mol. The van der Waals surface area contributed by atoms with Crippen LogP contribution in [0.4, 0.5) is 5.69 Å². The molecule has 1 N–H and O–H groups in total. The summed E-state index contributed by atoms with van der Waals surface area (Å²) in [5.74, 6) is 1.77. The van der Waals surface area contributed by atoms with Crippen LogP contribution in [0.5, 0.6) is 0 Å². The highest BCUT2D eigenvalue weighted by Gasteiger charge is 2.14. The van der Waals surface area contributed by atoms with Gasteiger partial charge in [-0.2, -0.15) is 0 Å². The van der Waals surface area contributed by atoms with E-state index in [0.29, 0.717) is 28.5 Å². The number of nitrogens with zero attached hydrogens (tertiary/aromatic N) is 3. The Labute approximate surface area is 144 Å². The van der Waals surface area contributed by atoms with Gasteiger partial charge >= 0.3 is 0 Å². The SMILES string of the molecule is Cc1cc(C(=O)Nc2cccc(-c3cn4cccnc4n3)c2)c(C)o1. The number of hydrogen-bond acceptors (Lipinski definition) is 4. The molecule has 124 valence electrons. The van der Waals surface area contributed by atoms with Gasteiger partial charge in [0.2, 0.25) is 5.78 Å². The average Bonchev–Trinajstić information content (AvgIpc) is 3.18. The second-order valence-corrected chi connectivity index (χ2v) is 5.81. The second-order valence-electron chi connectivity index (χ2n) is 5.81. The zero-order chi connectivity index (χ0) is 17.4. The van der Waals surface area contributed by atoms with Crippen LogP contribution in [-0.2, 0) is 0 Å². The number of carbonyl (C=O) groups excluding carboxylic acids is 1. The van der Waals surface area contributed by atoms with Crippen molar-refractivity contribution in [1.29, 1.82) is 0 Å². The van der Waals surface area contributed by atoms with Crippen molar-refractivity contribution in [3.63, 3.8) is 0 Å². The number of anilines is 1. The van der Waals surface area contributed by atoms with E-state index in [1.54, 1.807) is 19.2 Å². The summed E-state index contributed by atoms with van der Waals surface area (Å²) in [6, 6.07) is 11.2. The van der Waals surface area contributed by atoms with Crippen molar-refractivity contribution in [3.05, 3.63) is 72.1 Å². The van der Waals surface area contributed by atoms with Gasteiger partial charge in [-0.3, -0.25) is 9.20 Å². The molecule has 0 aliphatic rings. The van der Waals surface area contributed by atoms with Gasteiger partial charge in [0.25, 0.3) is 5.91 Å². The number of benzene rings is 1. The molecule has 3 aromatic heterocycles. The number of carbonyl (C=O) groups is 1. The fourth-order valence-electron chi connectivity index (χ4n) is 2.78. The Bertz CT molecular complexity index is 1040. The van der Waals surface area contributed by atoms with Crippen LogP contribution in [0.1, 0.15) is 21.9 Å². The van der Waals surface area contributed by atoms with Gasteiger partial charge in [0, 0.05) is 29.8 Å². The van der Waals surface area contributed by atoms with Gasteiger partial charge in [-0.15, -0.1) is 0 Å². The quantitative estimate of drug-likeness (QED) is 0.618. The topological polar surface area (TPSA) is 72.4 Å². The molecule has 3 heterocycles. The molecule has 4 rings (SSSR count). The lowest BCUT2D eigenvalue weighted by atomic mass is 10.1. The van der Waals surface area contributed by atoms with Crippen molar-refractivity contribution in [2.45, 2.75) is 13.8 Å². The van der Waals surface area contributed by atoms with Crippen LogP contribution in [0.15, 0.2) is 59.4 Å². The van der Waals surface area contributed by atoms with E-state index in [-0.39, 0.29) is 5.91 Å². The van der Waals surface area contributed by atoms with Crippen molar-refractivity contribution in [2.75, 3.05) is 5.32 Å². The van der Waals surface area contributed by atoms with E-state index in [2.05, 4.69) is 15.3 Å². The van der Waals surface area contributed by atoms with E-state index >= 15 is 0 Å². The fraction of sp³-hybridized carbons (Fsp3) is 0.105. The number of nitrogens with one attached hydrogen (secondary N) is 1. The standard InChI is InChI=1S/C19H16N4O2/c1-12-9-16(13(2)25-12)18(24)21-15-6-3-5-14(10-15)17-11-23-8-4-7-20-19(23)22-17/h3-11H,1-2H3,(H,21,24). The molecule has 1 aromatic carbocycles. The van der Waals surface area contributed by atoms with Gasteiger partial charge in [-0.05, 0) is 38.1 Å². The van der Waals surface area contributed by atoms with Gasteiger partial charge < -0.3 is 9.73 Å². The highest BCUT2D eigenvalue weighted by Crippen LogP contribution is 2.23. The molecule has 0 radical (unpaired) electrons. The summed E-state index contributed by atoms with van der Waals surface area (Å²) >= 11 is 0. The van der Waals surface area contributed by atoms with E-state index < -0.39 is 0 Å². The molecule has 1 amide bonds. The van der Waals surface area contributed by atoms with Crippen molar-refractivity contribution >= 4 is 17.4 Å². The van der Waals surface area contributed by atoms with E-state index in [0.717, 1.165) is 11.3 Å². The molecular weight excluding hydrogens is 316 g/mol. The third kappa shape index (κ3) is 2.89. The van der Waals surface area contributed by atoms with Crippen LogP contribution in [-0.4, -0.2) is 20.3 Å². The van der Waals surface area contributed by atoms with E-state index in [1.165, 1.54) is 0 Å². The van der Waals surface area contributed by atoms with Gasteiger partial charge in [-0.1, -0.05) is 12.1 Å². The molecule has 0 bridgehead atoms. The minimum absolute atomic E-state index is 0.192. The first kappa shape index (κ1) is 15.1. The number of fused-ring (bicyclic) bond motifs is 1. The van der Waals surface area contributed by atoms with Gasteiger partial charge in [0.1, 0.15) is 11.5 Å². The van der Waals surface area contributed by atoms with E-state index in [9.17, 15) is 4.79 Å². The van der Waals surface area contributed by atoms with Crippen LogP contribution < -0.4 is 5.32 Å². The Morgan fingerprint density at radius 2 is 2.08 bits per heavy atom. The van der Waals surface area contributed by atoms with E-state index in [1.807, 2.05) is 54.0 Å². The number of furan rings is 1. The molecule has 0 fully saturated rings. The summed E-state index contributed by atoms with van der Waals surface area (Å²) < 4.78 is 7.28. The zero-order valence-corrected chi connectivity index (χ0v) is 13.9. The summed E-state index contributed by atoms with van der Waals surface area (Å²) in [4.78, 5) is 21.2. The first-order valence-corrected chi connectivity index (χ1v) is 7.89. The lowest BCUT2D eigenvalue weighted by molar-refractivity contribution is 0.102. The lowest BCUT2D eigenvalue weighted by Crippen LogP contribution is -2.12. The highest BCUT2D eigenvalue weighted by molar-refractivity contribution is 6.05. The number of imidazole rings is 1. The second kappa shape index (κ2) is 5.90. The summed E-state index contributed by atoms with van der Waals surface area (Å²) in [7, 11) is 0. The van der Waals surface area contributed by atoms with Crippen LogP contribution in [0.2, 0.25) is 0 Å². The summed E-state index contributed by atoms with van der Waals surface area (Å²) in [6.45, 7) is 3.60. The number of aryl methyl sites for hydroxylation is 2. The lowest BCUT2D eigenvalue weighted by Gasteiger charge is -2.06. The number of hydrogen-bond donors (Lipinski definition) is 1. The maximum absolute atomic E-state index is 12.4. The van der Waals surface area contributed by atoms with Crippen LogP contribution in [0, 0.1) is 13.8 Å². The van der Waals surface area contributed by atoms with Crippen LogP contribution in [0.25, 0.3) is 17.0 Å². The summed E-state index contributed by atoms with van der Waals surface area (Å²) in [5, 5.41) is 2.91. The predicted molar refractivity (Wildman–Crippen MR) is 94.6 cm³/mol. The minimum atomic E-state index is -0.192. The molecule has 0 atom stereocenters. The van der Waals surface area contributed by atoms with Crippen LogP contribution in [0.3, 0.4) is 0 Å². The molecule has 6 heteroatoms. The molecule has 0 saturated carbocycles. The highest BCUT2D eigenvalue weighted by atomic mass is 16.3. The smallest absolute Gasteiger partial charge is 0.259 e. The Morgan fingerprint density at radius 3 is 2.84 bits per heavy atom. The van der Waals surface area contributed by atoms with Crippen molar-refractivity contribution in [3.8, 4) is 11.3 Å². The molecular formula is C19H16N4O2. The predicted octanol–water partition coefficient (Wildman–Crippen LogP) is 3.86. The minimum Gasteiger partial charge on any atom is -0.466 e. The molecule has 4 aromatic rings. The third-order valence-electron chi connectivity index (χ3n) is 3.94. The first-order chi connectivity index (χ1) is 12.1. The summed E-state index contributed by atoms with van der Waals surface area (Å²) in [6.07, 6.45) is 5.51. The maximum atomic E-state index is 12.4. The summed E-state index contributed by atoms with van der Waals surface area (Å²) in [5.41, 5.74) is 2.94. The van der Waals surface area contributed by atoms with E-state index in [4.69, 9.17) is 4.42 Å². The molecule has 25 heavy (non-hydrogen) atoms. The van der Waals surface area contributed by atoms with Gasteiger partial charge in [0.05, 0.1) is 11.3 Å². The van der Waals surface area contributed by atoms with Crippen molar-refractivity contribution in [1.82, 2.24) is 14.4 Å². The van der Waals surface area contributed by atoms with Gasteiger partial charge in [-0.25, -0.2) is 9.97 Å². The Morgan fingerprint density at radius 1 is 1.20 bits per heavy atom. The molecule has 0 unspecified atom stereocenters. The Kier molecular flexibility index (Phi) is 3.57. The molecule has 0 saturated heterocycles. The molecule has 0 spiro atoms. The molecule has 6 nitrogen and oxygen atoms in total. The van der Waals surface area contributed by atoms with Crippen LogP contribution >= 0.6 is 0 Å². The molecule has 0 aliphatic carbocycles. The Hall–Kier alpha value is -3.41. The van der Waals surface area contributed by atoms with Crippen molar-refractivity contribution in [2.24, 2.45) is 0 Å². The Balaban J connectivity index is 1.63. The maximum Gasteiger partial charge on any atom is 0.259 e. The number of rotatable bonds is 3. The zero-order valence-electron chi connectivity index (χ0n) is 13.9. The molecule has 0 aliphatic heterocycles. The third-order valence-corrected chi connectivity index (χ3v) is 3.94.